The van der Waals surface area contributed by atoms with Crippen molar-refractivity contribution in [2.24, 2.45) is 13.0 Å². The summed E-state index contributed by atoms with van der Waals surface area (Å²) < 4.78 is 7.26. The fourth-order valence-electron chi connectivity index (χ4n) is 5.36. The number of carbonyl (C=O) groups excluding carboxylic acids is 1. The standard InChI is InChI=1S/C30H34N4O2/c1-32-16-15-27(31-32)30(35)33(2)28(21-23-8-4-3-5-9-23)25-13-17-34(18-14-25)22-24-10-6-11-26(20-24)29-12-7-19-36-29/h3-12,15-16,19-20,25,28H,13-14,17-18,21-22H2,1-2H3/t28-/m1/s1. The van der Waals surface area contributed by atoms with E-state index in [0.717, 1.165) is 50.2 Å². The van der Waals surface area contributed by atoms with Gasteiger partial charge in [-0.1, -0.05) is 48.5 Å². The Labute approximate surface area is 213 Å². The second-order valence-electron chi connectivity index (χ2n) is 9.84. The Morgan fingerprint density at radius 2 is 1.81 bits per heavy atom. The number of piperidine rings is 1. The summed E-state index contributed by atoms with van der Waals surface area (Å²) in [5.41, 5.74) is 4.18. The van der Waals surface area contributed by atoms with Gasteiger partial charge < -0.3 is 9.32 Å². The minimum Gasteiger partial charge on any atom is -0.464 e. The molecule has 1 fully saturated rings. The van der Waals surface area contributed by atoms with Gasteiger partial charge in [-0.05, 0) is 73.7 Å². The van der Waals surface area contributed by atoms with E-state index in [2.05, 4.69) is 58.5 Å². The number of aromatic nitrogens is 2. The molecule has 186 valence electrons. The lowest BCUT2D eigenvalue weighted by molar-refractivity contribution is 0.0579. The van der Waals surface area contributed by atoms with E-state index < -0.39 is 0 Å². The number of amides is 1. The number of nitrogens with zero attached hydrogens (tertiary/aromatic N) is 4. The van der Waals surface area contributed by atoms with Crippen LogP contribution in [0, 0.1) is 5.92 Å². The highest BCUT2D eigenvalue weighted by molar-refractivity contribution is 5.92. The van der Waals surface area contributed by atoms with Gasteiger partial charge in [-0.3, -0.25) is 14.4 Å². The van der Waals surface area contributed by atoms with Gasteiger partial charge >= 0.3 is 0 Å². The van der Waals surface area contributed by atoms with Gasteiger partial charge in [0.1, 0.15) is 11.5 Å². The van der Waals surface area contributed by atoms with Crippen molar-refractivity contribution < 1.29 is 9.21 Å². The second-order valence-corrected chi connectivity index (χ2v) is 9.84. The molecule has 2 aromatic carbocycles. The largest absolute Gasteiger partial charge is 0.464 e. The van der Waals surface area contributed by atoms with Crippen molar-refractivity contribution in [3.8, 4) is 11.3 Å². The van der Waals surface area contributed by atoms with Gasteiger partial charge in [-0.25, -0.2) is 0 Å². The van der Waals surface area contributed by atoms with Crippen molar-refractivity contribution in [1.82, 2.24) is 19.6 Å². The van der Waals surface area contributed by atoms with E-state index >= 15 is 0 Å². The average Bonchev–Trinajstić information content (AvgIpc) is 3.60. The summed E-state index contributed by atoms with van der Waals surface area (Å²) in [5.74, 6) is 1.34. The SMILES string of the molecule is CN(C(=O)c1ccn(C)n1)[C@H](Cc1ccccc1)C1CCN(Cc2cccc(-c3ccco3)c2)CC1. The maximum Gasteiger partial charge on any atom is 0.274 e. The van der Waals surface area contributed by atoms with Crippen molar-refractivity contribution in [3.63, 3.8) is 0 Å². The van der Waals surface area contributed by atoms with E-state index in [1.165, 1.54) is 11.1 Å². The molecule has 0 spiro atoms. The Hall–Kier alpha value is -3.64. The van der Waals surface area contributed by atoms with E-state index in [9.17, 15) is 4.79 Å². The Bertz CT molecular complexity index is 1260. The van der Waals surface area contributed by atoms with Gasteiger partial charge in [0.05, 0.1) is 6.26 Å². The van der Waals surface area contributed by atoms with Crippen LogP contribution < -0.4 is 0 Å². The lowest BCUT2D eigenvalue weighted by Crippen LogP contribution is -2.47. The molecule has 0 radical (unpaired) electrons. The van der Waals surface area contributed by atoms with E-state index in [0.29, 0.717) is 11.6 Å². The first-order valence-electron chi connectivity index (χ1n) is 12.7. The minimum absolute atomic E-state index is 0.00583. The molecule has 3 heterocycles. The van der Waals surface area contributed by atoms with Crippen LogP contribution in [-0.4, -0.2) is 51.7 Å². The molecule has 6 heteroatoms. The fraction of sp³-hybridized carbons (Fsp3) is 0.333. The van der Waals surface area contributed by atoms with Gasteiger partial charge in [-0.15, -0.1) is 0 Å². The predicted molar refractivity (Wildman–Crippen MR) is 141 cm³/mol. The van der Waals surface area contributed by atoms with E-state index in [-0.39, 0.29) is 11.9 Å². The third kappa shape index (κ3) is 5.60. The maximum atomic E-state index is 13.3. The van der Waals surface area contributed by atoms with Gasteiger partial charge in [0.25, 0.3) is 5.91 Å². The molecular weight excluding hydrogens is 448 g/mol. The van der Waals surface area contributed by atoms with Crippen molar-refractivity contribution in [3.05, 3.63) is 102 Å². The van der Waals surface area contributed by atoms with Crippen LogP contribution in [0.15, 0.2) is 89.7 Å². The molecule has 0 N–H and O–H groups in total. The lowest BCUT2D eigenvalue weighted by Gasteiger charge is -2.40. The van der Waals surface area contributed by atoms with E-state index in [1.54, 1.807) is 17.0 Å². The van der Waals surface area contributed by atoms with E-state index in [4.69, 9.17) is 4.42 Å². The first-order valence-corrected chi connectivity index (χ1v) is 12.7. The summed E-state index contributed by atoms with van der Waals surface area (Å²) in [4.78, 5) is 17.8. The number of benzene rings is 2. The molecule has 1 saturated heterocycles. The van der Waals surface area contributed by atoms with Crippen LogP contribution >= 0.6 is 0 Å². The van der Waals surface area contributed by atoms with Crippen LogP contribution in [0.4, 0.5) is 0 Å². The van der Waals surface area contributed by atoms with Gasteiger partial charge in [-0.2, -0.15) is 5.10 Å². The predicted octanol–water partition coefficient (Wildman–Crippen LogP) is 5.28. The molecular formula is C30H34N4O2. The highest BCUT2D eigenvalue weighted by Gasteiger charge is 2.32. The molecule has 0 aliphatic carbocycles. The summed E-state index contributed by atoms with van der Waals surface area (Å²) in [6.07, 6.45) is 6.52. The molecule has 0 unspecified atom stereocenters. The number of rotatable bonds is 8. The van der Waals surface area contributed by atoms with Crippen LogP contribution in [0.3, 0.4) is 0 Å². The molecule has 6 nitrogen and oxygen atoms in total. The molecule has 1 aliphatic rings. The normalized spacial score (nSPS) is 15.6. The van der Waals surface area contributed by atoms with Gasteiger partial charge in [0.15, 0.2) is 0 Å². The zero-order valence-corrected chi connectivity index (χ0v) is 21.1. The van der Waals surface area contributed by atoms with Crippen LogP contribution in [0.1, 0.15) is 34.5 Å². The summed E-state index contributed by atoms with van der Waals surface area (Å²) in [6.45, 7) is 2.96. The highest BCUT2D eigenvalue weighted by Crippen LogP contribution is 2.29. The third-order valence-corrected chi connectivity index (χ3v) is 7.35. The number of likely N-dealkylation sites (tertiary alicyclic amines) is 1. The van der Waals surface area contributed by atoms with Crippen molar-refractivity contribution in [2.45, 2.75) is 31.8 Å². The quantitative estimate of drug-likeness (QED) is 0.343. The second kappa shape index (κ2) is 11.0. The number of hydrogen-bond donors (Lipinski definition) is 0. The molecule has 1 atom stereocenters. The van der Waals surface area contributed by atoms with E-state index in [1.807, 2.05) is 43.4 Å². The molecule has 0 saturated carbocycles. The Kier molecular flexibility index (Phi) is 7.33. The maximum absolute atomic E-state index is 13.3. The molecule has 5 rings (SSSR count). The molecule has 0 bridgehead atoms. The zero-order valence-electron chi connectivity index (χ0n) is 21.1. The van der Waals surface area contributed by atoms with Crippen LogP contribution in [0.25, 0.3) is 11.3 Å². The Morgan fingerprint density at radius 1 is 1.03 bits per heavy atom. The number of hydrogen-bond acceptors (Lipinski definition) is 4. The lowest BCUT2D eigenvalue weighted by atomic mass is 9.84. The Balaban J connectivity index is 1.26. The monoisotopic (exact) mass is 482 g/mol. The van der Waals surface area contributed by atoms with Gasteiger partial charge in [0, 0.05) is 38.4 Å². The van der Waals surface area contributed by atoms with Crippen molar-refractivity contribution in [2.75, 3.05) is 20.1 Å². The summed E-state index contributed by atoms with van der Waals surface area (Å²) >= 11 is 0. The zero-order chi connectivity index (χ0) is 24.9. The summed E-state index contributed by atoms with van der Waals surface area (Å²) in [7, 11) is 3.79. The van der Waals surface area contributed by atoms with Gasteiger partial charge in [0.2, 0.25) is 0 Å². The molecule has 1 aliphatic heterocycles. The summed E-state index contributed by atoms with van der Waals surface area (Å²) in [6, 6.07) is 25.0. The highest BCUT2D eigenvalue weighted by atomic mass is 16.3. The Morgan fingerprint density at radius 3 is 2.50 bits per heavy atom. The van der Waals surface area contributed by atoms with Crippen LogP contribution in [0.2, 0.25) is 0 Å². The summed E-state index contributed by atoms with van der Waals surface area (Å²) in [5, 5.41) is 4.36. The smallest absolute Gasteiger partial charge is 0.274 e. The average molecular weight is 483 g/mol. The number of furan rings is 1. The molecule has 4 aromatic rings. The topological polar surface area (TPSA) is 54.5 Å². The van der Waals surface area contributed by atoms with Crippen LogP contribution in [-0.2, 0) is 20.0 Å². The first-order chi connectivity index (χ1) is 17.6. The minimum atomic E-state index is -0.00583. The fourth-order valence-corrected chi connectivity index (χ4v) is 5.36. The number of carbonyl (C=O) groups is 1. The first kappa shape index (κ1) is 24.1. The van der Waals surface area contributed by atoms with Crippen molar-refractivity contribution in [1.29, 1.82) is 0 Å². The number of aryl methyl sites for hydroxylation is 1. The number of likely N-dealkylation sites (N-methyl/N-ethyl adjacent to an activating group) is 1. The molecule has 2 aromatic heterocycles. The van der Waals surface area contributed by atoms with Crippen molar-refractivity contribution >= 4 is 5.91 Å². The third-order valence-electron chi connectivity index (χ3n) is 7.35. The molecule has 1 amide bonds. The van der Waals surface area contributed by atoms with Crippen LogP contribution in [0.5, 0.6) is 0 Å². The molecule has 36 heavy (non-hydrogen) atoms.